The molecule has 0 saturated carbocycles. The van der Waals surface area contributed by atoms with E-state index in [1.54, 1.807) is 6.21 Å². The molecule has 0 aliphatic heterocycles. The highest BCUT2D eigenvalue weighted by molar-refractivity contribution is 9.10. The Bertz CT molecular complexity index is 1040. The Balaban J connectivity index is 1.39. The van der Waals surface area contributed by atoms with Gasteiger partial charge in [0.05, 0.1) is 21.7 Å². The quantitative estimate of drug-likeness (QED) is 0.326. The second-order valence-corrected chi connectivity index (χ2v) is 6.79. The molecule has 0 fully saturated rings. The fourth-order valence-electron chi connectivity index (χ4n) is 2.62. The summed E-state index contributed by atoms with van der Waals surface area (Å²) in [6, 6.07) is 23.8. The standard InChI is InChI=1S/C21H17BrN4O/c22-17-12-16(10-11-20(17)27-14-15-6-2-1-3-7-15)13-23-26-21-24-18-8-4-5-9-19(18)25-21/h1-13H,14H2,(H2,24,25,26)/b23-13-. The number of H-pyrrole nitrogens is 1. The average Bonchev–Trinajstić information content (AvgIpc) is 3.11. The third-order valence-corrected chi connectivity index (χ3v) is 4.59. The molecule has 27 heavy (non-hydrogen) atoms. The van der Waals surface area contributed by atoms with Crippen molar-refractivity contribution in [3.63, 3.8) is 0 Å². The summed E-state index contributed by atoms with van der Waals surface area (Å²) in [7, 11) is 0. The lowest BCUT2D eigenvalue weighted by molar-refractivity contribution is 0.304. The van der Waals surface area contributed by atoms with Crippen LogP contribution in [0.15, 0.2) is 82.4 Å². The van der Waals surface area contributed by atoms with Gasteiger partial charge in [0.15, 0.2) is 0 Å². The Morgan fingerprint density at radius 1 is 1.04 bits per heavy atom. The molecule has 0 aliphatic carbocycles. The van der Waals surface area contributed by atoms with E-state index in [-0.39, 0.29) is 0 Å². The molecular formula is C21H17BrN4O. The number of nitrogens with zero attached hydrogens (tertiary/aromatic N) is 2. The maximum atomic E-state index is 5.86. The summed E-state index contributed by atoms with van der Waals surface area (Å²) in [6.45, 7) is 0.528. The van der Waals surface area contributed by atoms with Crippen LogP contribution in [0.5, 0.6) is 5.75 Å². The molecule has 0 spiro atoms. The minimum atomic E-state index is 0.528. The Hall–Kier alpha value is -3.12. The number of rotatable bonds is 6. The number of halogens is 1. The molecule has 6 heteroatoms. The molecule has 4 rings (SSSR count). The van der Waals surface area contributed by atoms with E-state index in [1.165, 1.54) is 0 Å². The van der Waals surface area contributed by atoms with Crippen molar-refractivity contribution >= 4 is 39.1 Å². The Labute approximate surface area is 165 Å². The fourth-order valence-corrected chi connectivity index (χ4v) is 3.13. The van der Waals surface area contributed by atoms with Crippen LogP contribution in [0.1, 0.15) is 11.1 Å². The van der Waals surface area contributed by atoms with Crippen molar-refractivity contribution in [2.45, 2.75) is 6.61 Å². The van der Waals surface area contributed by atoms with Gasteiger partial charge in [0.2, 0.25) is 5.95 Å². The highest BCUT2D eigenvalue weighted by Crippen LogP contribution is 2.26. The number of benzene rings is 3. The molecule has 5 nitrogen and oxygen atoms in total. The van der Waals surface area contributed by atoms with Crippen LogP contribution in [0.4, 0.5) is 5.95 Å². The number of aromatic nitrogens is 2. The largest absolute Gasteiger partial charge is 0.488 e. The van der Waals surface area contributed by atoms with Crippen LogP contribution in [0.25, 0.3) is 11.0 Å². The summed E-state index contributed by atoms with van der Waals surface area (Å²) < 4.78 is 6.74. The van der Waals surface area contributed by atoms with Gasteiger partial charge < -0.3 is 9.72 Å². The zero-order chi connectivity index (χ0) is 18.5. The van der Waals surface area contributed by atoms with E-state index in [0.717, 1.165) is 32.4 Å². The molecule has 1 heterocycles. The molecule has 0 unspecified atom stereocenters. The third kappa shape index (κ3) is 4.35. The van der Waals surface area contributed by atoms with E-state index in [2.05, 4.69) is 36.4 Å². The van der Waals surface area contributed by atoms with Gasteiger partial charge in [-0.3, -0.25) is 0 Å². The van der Waals surface area contributed by atoms with E-state index in [4.69, 9.17) is 4.74 Å². The third-order valence-electron chi connectivity index (χ3n) is 3.97. The average molecular weight is 421 g/mol. The molecule has 0 radical (unpaired) electrons. The van der Waals surface area contributed by atoms with E-state index >= 15 is 0 Å². The van der Waals surface area contributed by atoms with Gasteiger partial charge in [-0.2, -0.15) is 5.10 Å². The molecule has 134 valence electrons. The van der Waals surface area contributed by atoms with Crippen LogP contribution in [0, 0.1) is 0 Å². The van der Waals surface area contributed by atoms with Crippen molar-refractivity contribution < 1.29 is 4.74 Å². The Morgan fingerprint density at radius 2 is 1.85 bits per heavy atom. The molecule has 3 aromatic carbocycles. The van der Waals surface area contributed by atoms with Gasteiger partial charge in [-0.1, -0.05) is 42.5 Å². The fraction of sp³-hybridized carbons (Fsp3) is 0.0476. The summed E-state index contributed by atoms with van der Waals surface area (Å²) in [5, 5.41) is 4.24. The van der Waals surface area contributed by atoms with E-state index in [1.807, 2.05) is 72.8 Å². The molecule has 2 N–H and O–H groups in total. The number of anilines is 1. The summed E-state index contributed by atoms with van der Waals surface area (Å²) in [5.74, 6) is 1.40. The van der Waals surface area contributed by atoms with Gasteiger partial charge in [0, 0.05) is 0 Å². The number of nitrogens with one attached hydrogen (secondary N) is 2. The van der Waals surface area contributed by atoms with Gasteiger partial charge in [0.1, 0.15) is 12.4 Å². The molecule has 0 saturated heterocycles. The van der Waals surface area contributed by atoms with Gasteiger partial charge >= 0.3 is 0 Å². The second-order valence-electron chi connectivity index (χ2n) is 5.94. The summed E-state index contributed by atoms with van der Waals surface area (Å²) in [6.07, 6.45) is 1.74. The number of fused-ring (bicyclic) bond motifs is 1. The van der Waals surface area contributed by atoms with Crippen molar-refractivity contribution in [3.8, 4) is 5.75 Å². The van der Waals surface area contributed by atoms with Crippen LogP contribution in [-0.4, -0.2) is 16.2 Å². The molecule has 0 atom stereocenters. The first-order valence-electron chi connectivity index (χ1n) is 8.48. The molecule has 0 aliphatic rings. The van der Waals surface area contributed by atoms with Crippen LogP contribution in [0.3, 0.4) is 0 Å². The zero-order valence-electron chi connectivity index (χ0n) is 14.4. The molecule has 0 bridgehead atoms. The van der Waals surface area contributed by atoms with Gasteiger partial charge in [-0.25, -0.2) is 10.4 Å². The molecule has 0 amide bonds. The zero-order valence-corrected chi connectivity index (χ0v) is 16.0. The summed E-state index contributed by atoms with van der Waals surface area (Å²) in [5.41, 5.74) is 6.86. The van der Waals surface area contributed by atoms with Crippen molar-refractivity contribution in [1.82, 2.24) is 9.97 Å². The van der Waals surface area contributed by atoms with Crippen molar-refractivity contribution in [3.05, 3.63) is 88.4 Å². The SMILES string of the molecule is Brc1cc(/C=N\Nc2nc3ccccc3[nH]2)ccc1OCc1ccccc1. The molecule has 4 aromatic rings. The van der Waals surface area contributed by atoms with Gasteiger partial charge in [-0.15, -0.1) is 0 Å². The minimum Gasteiger partial charge on any atom is -0.488 e. The van der Waals surface area contributed by atoms with Crippen LogP contribution in [0.2, 0.25) is 0 Å². The number of hydrogen-bond acceptors (Lipinski definition) is 4. The number of hydrogen-bond donors (Lipinski definition) is 2. The summed E-state index contributed by atoms with van der Waals surface area (Å²) in [4.78, 5) is 7.59. The monoisotopic (exact) mass is 420 g/mol. The predicted octanol–water partition coefficient (Wildman–Crippen LogP) is 5.35. The van der Waals surface area contributed by atoms with Gasteiger partial charge in [0.25, 0.3) is 0 Å². The van der Waals surface area contributed by atoms with Crippen molar-refractivity contribution in [2.24, 2.45) is 5.10 Å². The Kier molecular flexibility index (Phi) is 5.16. The van der Waals surface area contributed by atoms with Crippen molar-refractivity contribution in [1.29, 1.82) is 0 Å². The normalized spacial score (nSPS) is 11.1. The lowest BCUT2D eigenvalue weighted by Crippen LogP contribution is -1.97. The second kappa shape index (κ2) is 8.05. The first kappa shape index (κ1) is 17.3. The van der Waals surface area contributed by atoms with Crippen LogP contribution in [-0.2, 0) is 6.61 Å². The number of ether oxygens (including phenoxy) is 1. The summed E-state index contributed by atoms with van der Waals surface area (Å²) >= 11 is 3.56. The molecule has 1 aromatic heterocycles. The molecular weight excluding hydrogens is 404 g/mol. The lowest BCUT2D eigenvalue weighted by Gasteiger charge is -2.08. The number of para-hydroxylation sites is 2. The maximum absolute atomic E-state index is 5.86. The Morgan fingerprint density at radius 3 is 2.67 bits per heavy atom. The smallest absolute Gasteiger partial charge is 0.222 e. The number of hydrazone groups is 1. The van der Waals surface area contributed by atoms with E-state index in [0.29, 0.717) is 12.6 Å². The topological polar surface area (TPSA) is 62.3 Å². The van der Waals surface area contributed by atoms with Gasteiger partial charge in [-0.05, 0) is 57.4 Å². The number of aromatic amines is 1. The number of imidazole rings is 1. The highest BCUT2D eigenvalue weighted by atomic mass is 79.9. The first-order valence-corrected chi connectivity index (χ1v) is 9.27. The maximum Gasteiger partial charge on any atom is 0.222 e. The van der Waals surface area contributed by atoms with Crippen LogP contribution < -0.4 is 10.2 Å². The predicted molar refractivity (Wildman–Crippen MR) is 112 cm³/mol. The van der Waals surface area contributed by atoms with Crippen molar-refractivity contribution in [2.75, 3.05) is 5.43 Å². The van der Waals surface area contributed by atoms with Crippen LogP contribution >= 0.6 is 15.9 Å². The first-order chi connectivity index (χ1) is 13.3. The van der Waals surface area contributed by atoms with E-state index in [9.17, 15) is 0 Å². The lowest BCUT2D eigenvalue weighted by atomic mass is 10.2. The van der Waals surface area contributed by atoms with E-state index < -0.39 is 0 Å². The highest BCUT2D eigenvalue weighted by Gasteiger charge is 2.03. The minimum absolute atomic E-state index is 0.528.